The van der Waals surface area contributed by atoms with E-state index in [2.05, 4.69) is 5.16 Å². The number of phenolic OH excluding ortho intramolecular Hbond substituents is 1. The van der Waals surface area contributed by atoms with Gasteiger partial charge in [0.15, 0.2) is 0 Å². The molecular formula is C18H17NO5. The largest absolute Gasteiger partial charge is 0.508 e. The zero-order valence-electron chi connectivity index (χ0n) is 13.4. The molecule has 1 aliphatic rings. The van der Waals surface area contributed by atoms with Crippen LogP contribution < -0.4 is 4.74 Å². The van der Waals surface area contributed by atoms with Crippen molar-refractivity contribution in [3.8, 4) is 11.5 Å². The highest BCUT2D eigenvalue weighted by atomic mass is 16.6. The van der Waals surface area contributed by atoms with Gasteiger partial charge in [-0.1, -0.05) is 17.3 Å². The molecule has 0 saturated heterocycles. The average molecular weight is 327 g/mol. The number of carbonyl (C=O) groups is 1. The van der Waals surface area contributed by atoms with Crippen molar-refractivity contribution in [3.05, 3.63) is 59.2 Å². The Morgan fingerprint density at radius 1 is 1.21 bits per heavy atom. The average Bonchev–Trinajstić information content (AvgIpc) is 2.61. The van der Waals surface area contributed by atoms with Crippen molar-refractivity contribution in [2.24, 2.45) is 5.16 Å². The van der Waals surface area contributed by atoms with Crippen LogP contribution in [0.15, 0.2) is 47.6 Å². The predicted molar refractivity (Wildman–Crippen MR) is 87.4 cm³/mol. The molecule has 0 fully saturated rings. The minimum atomic E-state index is -0.386. The van der Waals surface area contributed by atoms with E-state index < -0.39 is 0 Å². The van der Waals surface area contributed by atoms with Crippen molar-refractivity contribution >= 4 is 11.7 Å². The van der Waals surface area contributed by atoms with Crippen LogP contribution in [-0.4, -0.2) is 31.0 Å². The Kier molecular flexibility index (Phi) is 4.37. The second-order valence-corrected chi connectivity index (χ2v) is 5.33. The van der Waals surface area contributed by atoms with Crippen molar-refractivity contribution in [2.75, 3.05) is 14.2 Å². The molecule has 2 aromatic carbocycles. The first kappa shape index (κ1) is 15.9. The predicted octanol–water partition coefficient (Wildman–Crippen LogP) is 3.05. The Labute approximate surface area is 139 Å². The molecule has 0 radical (unpaired) electrons. The van der Waals surface area contributed by atoms with Crippen LogP contribution in [0, 0.1) is 0 Å². The summed E-state index contributed by atoms with van der Waals surface area (Å²) in [5, 5.41) is 13.8. The van der Waals surface area contributed by atoms with Crippen LogP contribution in [0.25, 0.3) is 0 Å². The second-order valence-electron chi connectivity index (χ2n) is 5.33. The van der Waals surface area contributed by atoms with Crippen molar-refractivity contribution < 1.29 is 24.2 Å². The molecule has 1 atom stereocenters. The lowest BCUT2D eigenvalue weighted by atomic mass is 9.95. The number of phenols is 1. The van der Waals surface area contributed by atoms with Gasteiger partial charge in [0, 0.05) is 18.1 Å². The van der Waals surface area contributed by atoms with Gasteiger partial charge in [-0.05, 0) is 29.8 Å². The summed E-state index contributed by atoms with van der Waals surface area (Å²) in [4.78, 5) is 16.4. The molecule has 1 aliphatic heterocycles. The summed E-state index contributed by atoms with van der Waals surface area (Å²) in [5.74, 6) is 0.273. The van der Waals surface area contributed by atoms with Crippen LogP contribution in [0.2, 0.25) is 0 Å². The number of benzene rings is 2. The topological polar surface area (TPSA) is 77.4 Å². The molecule has 6 heteroatoms. The Hall–Kier alpha value is -3.02. The molecular weight excluding hydrogens is 310 g/mol. The SMILES string of the molecule is CON=C1CC(c2ccc(C(=O)OC)cc2)Oc2cc(O)ccc21. The van der Waals surface area contributed by atoms with Gasteiger partial charge in [0.2, 0.25) is 0 Å². The molecule has 1 heterocycles. The first-order valence-electron chi connectivity index (χ1n) is 7.40. The zero-order valence-corrected chi connectivity index (χ0v) is 13.4. The van der Waals surface area contributed by atoms with E-state index in [9.17, 15) is 9.90 Å². The fourth-order valence-corrected chi connectivity index (χ4v) is 2.66. The Morgan fingerprint density at radius 2 is 1.96 bits per heavy atom. The highest BCUT2D eigenvalue weighted by Gasteiger charge is 2.27. The summed E-state index contributed by atoms with van der Waals surface area (Å²) in [6.45, 7) is 0. The molecule has 3 rings (SSSR count). The normalized spacial score (nSPS) is 17.8. The summed E-state index contributed by atoms with van der Waals surface area (Å²) in [5.41, 5.74) is 2.89. The molecule has 0 aliphatic carbocycles. The molecule has 1 N–H and O–H groups in total. The van der Waals surface area contributed by atoms with Crippen LogP contribution in [0.5, 0.6) is 11.5 Å². The van der Waals surface area contributed by atoms with E-state index in [1.54, 1.807) is 30.3 Å². The molecule has 0 saturated carbocycles. The van der Waals surface area contributed by atoms with E-state index in [1.807, 2.05) is 12.1 Å². The van der Waals surface area contributed by atoms with E-state index in [0.717, 1.165) is 16.8 Å². The summed E-state index contributed by atoms with van der Waals surface area (Å²) in [6.07, 6.45) is 0.225. The number of carbonyl (C=O) groups excluding carboxylic acids is 1. The fraction of sp³-hybridized carbons (Fsp3) is 0.222. The third-order valence-electron chi connectivity index (χ3n) is 3.83. The van der Waals surface area contributed by atoms with Crippen LogP contribution in [0.1, 0.15) is 34.0 Å². The first-order valence-corrected chi connectivity index (χ1v) is 7.40. The number of aromatic hydroxyl groups is 1. The van der Waals surface area contributed by atoms with E-state index in [4.69, 9.17) is 14.3 Å². The number of hydrogen-bond donors (Lipinski definition) is 1. The van der Waals surface area contributed by atoms with Crippen LogP contribution >= 0.6 is 0 Å². The molecule has 1 unspecified atom stereocenters. The zero-order chi connectivity index (χ0) is 17.1. The molecule has 24 heavy (non-hydrogen) atoms. The van der Waals surface area contributed by atoms with Gasteiger partial charge in [0.25, 0.3) is 0 Å². The van der Waals surface area contributed by atoms with E-state index in [1.165, 1.54) is 14.2 Å². The van der Waals surface area contributed by atoms with Gasteiger partial charge in [-0.15, -0.1) is 0 Å². The highest BCUT2D eigenvalue weighted by Crippen LogP contribution is 2.37. The van der Waals surface area contributed by atoms with Gasteiger partial charge in [-0.2, -0.15) is 0 Å². The van der Waals surface area contributed by atoms with E-state index >= 15 is 0 Å². The standard InChI is InChI=1S/C18H17NO5/c1-22-18(21)12-5-3-11(4-6-12)16-10-15(19-23-2)14-8-7-13(20)9-17(14)24-16/h3-9,16,20H,10H2,1-2H3. The van der Waals surface area contributed by atoms with Gasteiger partial charge >= 0.3 is 5.97 Å². The summed E-state index contributed by atoms with van der Waals surface area (Å²) in [6, 6.07) is 11.9. The number of esters is 1. The summed E-state index contributed by atoms with van der Waals surface area (Å²) in [7, 11) is 2.83. The summed E-state index contributed by atoms with van der Waals surface area (Å²) < 4.78 is 10.7. The lowest BCUT2D eigenvalue weighted by Gasteiger charge is -2.27. The number of oxime groups is 1. The fourth-order valence-electron chi connectivity index (χ4n) is 2.66. The van der Waals surface area contributed by atoms with Crippen LogP contribution in [0.4, 0.5) is 0 Å². The van der Waals surface area contributed by atoms with Crippen molar-refractivity contribution in [3.63, 3.8) is 0 Å². The van der Waals surface area contributed by atoms with Crippen LogP contribution in [-0.2, 0) is 9.57 Å². The van der Waals surface area contributed by atoms with Gasteiger partial charge in [-0.3, -0.25) is 0 Å². The Balaban J connectivity index is 1.92. The van der Waals surface area contributed by atoms with Gasteiger partial charge in [-0.25, -0.2) is 4.79 Å². The quantitative estimate of drug-likeness (QED) is 0.692. The minimum absolute atomic E-state index is 0.118. The maximum Gasteiger partial charge on any atom is 0.337 e. The van der Waals surface area contributed by atoms with Crippen LogP contribution in [0.3, 0.4) is 0 Å². The lowest BCUT2D eigenvalue weighted by Crippen LogP contribution is -2.21. The maximum absolute atomic E-state index is 11.5. The number of ether oxygens (including phenoxy) is 2. The highest BCUT2D eigenvalue weighted by molar-refractivity contribution is 6.04. The summed E-state index contributed by atoms with van der Waals surface area (Å²) >= 11 is 0. The molecule has 2 aromatic rings. The van der Waals surface area contributed by atoms with Gasteiger partial charge in [0.05, 0.1) is 18.4 Å². The number of rotatable bonds is 3. The van der Waals surface area contributed by atoms with Crippen molar-refractivity contribution in [2.45, 2.75) is 12.5 Å². The Morgan fingerprint density at radius 3 is 2.62 bits per heavy atom. The lowest BCUT2D eigenvalue weighted by molar-refractivity contribution is 0.0600. The second kappa shape index (κ2) is 6.62. The van der Waals surface area contributed by atoms with Crippen molar-refractivity contribution in [1.82, 2.24) is 0 Å². The maximum atomic E-state index is 11.5. The number of fused-ring (bicyclic) bond motifs is 1. The number of methoxy groups -OCH3 is 1. The molecule has 0 amide bonds. The third-order valence-corrected chi connectivity index (χ3v) is 3.83. The first-order chi connectivity index (χ1) is 11.6. The minimum Gasteiger partial charge on any atom is -0.508 e. The monoisotopic (exact) mass is 327 g/mol. The van der Waals surface area contributed by atoms with E-state index in [-0.39, 0.29) is 17.8 Å². The number of nitrogens with zero attached hydrogens (tertiary/aromatic N) is 1. The molecule has 124 valence electrons. The Bertz CT molecular complexity index is 782. The smallest absolute Gasteiger partial charge is 0.337 e. The number of hydrogen-bond acceptors (Lipinski definition) is 6. The molecule has 0 spiro atoms. The van der Waals surface area contributed by atoms with Gasteiger partial charge in [0.1, 0.15) is 24.7 Å². The molecule has 0 bridgehead atoms. The molecule has 0 aromatic heterocycles. The van der Waals surface area contributed by atoms with E-state index in [0.29, 0.717) is 17.7 Å². The van der Waals surface area contributed by atoms with Gasteiger partial charge < -0.3 is 19.4 Å². The van der Waals surface area contributed by atoms with Crippen molar-refractivity contribution in [1.29, 1.82) is 0 Å². The molecule has 6 nitrogen and oxygen atoms in total. The third kappa shape index (κ3) is 3.03.